The maximum atomic E-state index is 12.2. The fourth-order valence-corrected chi connectivity index (χ4v) is 2.82. The van der Waals surface area contributed by atoms with Crippen molar-refractivity contribution in [2.75, 3.05) is 6.54 Å². The lowest BCUT2D eigenvalue weighted by atomic mass is 9.82. The summed E-state index contributed by atoms with van der Waals surface area (Å²) in [5, 5.41) is 3.40. The second kappa shape index (κ2) is 8.91. The van der Waals surface area contributed by atoms with Gasteiger partial charge in [0.05, 0.1) is 0 Å². The van der Waals surface area contributed by atoms with Gasteiger partial charge in [-0.2, -0.15) is 13.2 Å². The van der Waals surface area contributed by atoms with Crippen molar-refractivity contribution >= 4 is 0 Å². The molecule has 0 spiro atoms. The van der Waals surface area contributed by atoms with Crippen molar-refractivity contribution in [3.05, 3.63) is 0 Å². The summed E-state index contributed by atoms with van der Waals surface area (Å²) < 4.78 is 36.7. The van der Waals surface area contributed by atoms with E-state index in [-0.39, 0.29) is 17.9 Å². The van der Waals surface area contributed by atoms with Crippen LogP contribution in [0.15, 0.2) is 0 Å². The van der Waals surface area contributed by atoms with Crippen LogP contribution in [-0.4, -0.2) is 18.8 Å². The molecule has 0 aliphatic carbocycles. The van der Waals surface area contributed by atoms with Crippen LogP contribution in [0.2, 0.25) is 0 Å². The molecule has 20 heavy (non-hydrogen) atoms. The van der Waals surface area contributed by atoms with Crippen LogP contribution in [0.1, 0.15) is 73.1 Å². The Bertz CT molecular complexity index is 243. The van der Waals surface area contributed by atoms with Crippen LogP contribution in [0.4, 0.5) is 13.2 Å². The zero-order valence-corrected chi connectivity index (χ0v) is 13.7. The normalized spacial score (nSPS) is 16.2. The Morgan fingerprint density at radius 2 is 1.70 bits per heavy atom. The molecule has 4 heteroatoms. The lowest BCUT2D eigenvalue weighted by Crippen LogP contribution is -2.32. The summed E-state index contributed by atoms with van der Waals surface area (Å²) in [7, 11) is 0. The van der Waals surface area contributed by atoms with Gasteiger partial charge in [0, 0.05) is 12.5 Å². The Balaban J connectivity index is 4.19. The molecule has 2 atom stereocenters. The summed E-state index contributed by atoms with van der Waals surface area (Å²) in [5.41, 5.74) is 0.278. The monoisotopic (exact) mass is 295 g/mol. The lowest BCUT2D eigenvalue weighted by molar-refractivity contribution is -0.135. The second-order valence-corrected chi connectivity index (χ2v) is 7.26. The van der Waals surface area contributed by atoms with Gasteiger partial charge in [0.15, 0.2) is 0 Å². The molecule has 0 saturated carbocycles. The van der Waals surface area contributed by atoms with E-state index in [1.165, 1.54) is 0 Å². The van der Waals surface area contributed by atoms with Crippen LogP contribution in [0.3, 0.4) is 0 Å². The van der Waals surface area contributed by atoms with Gasteiger partial charge in [-0.25, -0.2) is 0 Å². The molecule has 0 aromatic heterocycles. The molecule has 0 heterocycles. The van der Waals surface area contributed by atoms with Crippen LogP contribution in [0.5, 0.6) is 0 Å². The van der Waals surface area contributed by atoms with E-state index in [0.717, 1.165) is 25.8 Å². The Morgan fingerprint density at radius 3 is 2.15 bits per heavy atom. The van der Waals surface area contributed by atoms with Gasteiger partial charge in [-0.1, -0.05) is 34.6 Å². The SMILES string of the molecule is CCCNC(CCCC(F)(F)F)CC(C)CC(C)(C)C. The number of hydrogen-bond donors (Lipinski definition) is 1. The first-order valence-electron chi connectivity index (χ1n) is 7.83. The minimum absolute atomic E-state index is 0.217. The third kappa shape index (κ3) is 12.8. The van der Waals surface area contributed by atoms with E-state index in [9.17, 15) is 13.2 Å². The van der Waals surface area contributed by atoms with Crippen LogP contribution in [0, 0.1) is 11.3 Å². The van der Waals surface area contributed by atoms with E-state index >= 15 is 0 Å². The first-order chi connectivity index (χ1) is 9.03. The predicted octanol–water partition coefficient (Wildman–Crippen LogP) is 5.55. The molecule has 0 aliphatic rings. The summed E-state index contributed by atoms with van der Waals surface area (Å²) in [5.74, 6) is 0.537. The van der Waals surface area contributed by atoms with Crippen molar-refractivity contribution in [3.63, 3.8) is 0 Å². The summed E-state index contributed by atoms with van der Waals surface area (Å²) >= 11 is 0. The highest BCUT2D eigenvalue weighted by Gasteiger charge is 2.27. The van der Waals surface area contributed by atoms with Gasteiger partial charge < -0.3 is 5.32 Å². The van der Waals surface area contributed by atoms with Crippen LogP contribution < -0.4 is 5.32 Å². The van der Waals surface area contributed by atoms with Crippen LogP contribution in [-0.2, 0) is 0 Å². The molecule has 0 fully saturated rings. The molecule has 0 aliphatic heterocycles. The largest absolute Gasteiger partial charge is 0.389 e. The fourth-order valence-electron chi connectivity index (χ4n) is 2.82. The number of alkyl halides is 3. The topological polar surface area (TPSA) is 12.0 Å². The Labute approximate surface area is 122 Å². The summed E-state index contributed by atoms with van der Waals surface area (Å²) in [6.45, 7) is 11.8. The van der Waals surface area contributed by atoms with Crippen LogP contribution in [0.25, 0.3) is 0 Å². The van der Waals surface area contributed by atoms with E-state index in [1.807, 2.05) is 0 Å². The molecule has 0 aromatic carbocycles. The average molecular weight is 295 g/mol. The highest BCUT2D eigenvalue weighted by atomic mass is 19.4. The minimum atomic E-state index is -4.02. The fraction of sp³-hybridized carbons (Fsp3) is 1.00. The molecule has 0 amide bonds. The highest BCUT2D eigenvalue weighted by Crippen LogP contribution is 2.28. The molecule has 1 nitrogen and oxygen atoms in total. The van der Waals surface area contributed by atoms with Crippen molar-refractivity contribution < 1.29 is 13.2 Å². The Kier molecular flexibility index (Phi) is 8.80. The second-order valence-electron chi connectivity index (χ2n) is 7.26. The molecule has 0 rings (SSSR count). The van der Waals surface area contributed by atoms with E-state index < -0.39 is 12.6 Å². The minimum Gasteiger partial charge on any atom is -0.314 e. The molecule has 0 radical (unpaired) electrons. The zero-order valence-electron chi connectivity index (χ0n) is 13.7. The summed E-state index contributed by atoms with van der Waals surface area (Å²) in [4.78, 5) is 0. The molecule has 0 saturated heterocycles. The predicted molar refractivity (Wildman–Crippen MR) is 79.8 cm³/mol. The van der Waals surface area contributed by atoms with Gasteiger partial charge in [0.1, 0.15) is 0 Å². The van der Waals surface area contributed by atoms with E-state index in [1.54, 1.807) is 0 Å². The average Bonchev–Trinajstić information content (AvgIpc) is 2.21. The highest BCUT2D eigenvalue weighted by molar-refractivity contribution is 4.74. The van der Waals surface area contributed by atoms with Gasteiger partial charge in [-0.15, -0.1) is 0 Å². The standard InChI is InChI=1S/C16H32F3N/c1-6-10-20-14(8-7-9-16(17,18)19)11-13(2)12-15(3,4)5/h13-14,20H,6-12H2,1-5H3. The lowest BCUT2D eigenvalue weighted by Gasteiger charge is -2.27. The van der Waals surface area contributed by atoms with E-state index in [2.05, 4.69) is 39.9 Å². The quantitative estimate of drug-likeness (QED) is 0.588. The van der Waals surface area contributed by atoms with Crippen molar-refractivity contribution in [2.45, 2.75) is 85.4 Å². The third-order valence-corrected chi connectivity index (χ3v) is 3.34. The van der Waals surface area contributed by atoms with Crippen molar-refractivity contribution in [3.8, 4) is 0 Å². The molecule has 122 valence electrons. The summed E-state index contributed by atoms with van der Waals surface area (Å²) in [6, 6.07) is 0.217. The first-order valence-corrected chi connectivity index (χ1v) is 7.83. The number of rotatable bonds is 9. The maximum Gasteiger partial charge on any atom is 0.389 e. The van der Waals surface area contributed by atoms with Crippen molar-refractivity contribution in [1.29, 1.82) is 0 Å². The first kappa shape index (κ1) is 19.8. The molecule has 0 aromatic rings. The Hall–Kier alpha value is -0.250. The van der Waals surface area contributed by atoms with E-state index in [4.69, 9.17) is 0 Å². The number of hydrogen-bond acceptors (Lipinski definition) is 1. The smallest absolute Gasteiger partial charge is 0.314 e. The van der Waals surface area contributed by atoms with Crippen molar-refractivity contribution in [1.82, 2.24) is 5.32 Å². The van der Waals surface area contributed by atoms with Crippen LogP contribution >= 0.6 is 0 Å². The summed E-state index contributed by atoms with van der Waals surface area (Å²) in [6.07, 6.45) is -0.743. The van der Waals surface area contributed by atoms with Gasteiger partial charge in [0.25, 0.3) is 0 Å². The van der Waals surface area contributed by atoms with Gasteiger partial charge >= 0.3 is 6.18 Å². The van der Waals surface area contributed by atoms with Gasteiger partial charge in [0.2, 0.25) is 0 Å². The molecular formula is C16H32F3N. The maximum absolute atomic E-state index is 12.2. The molecule has 1 N–H and O–H groups in total. The number of halogens is 3. The molecular weight excluding hydrogens is 263 g/mol. The zero-order chi connectivity index (χ0) is 15.8. The Morgan fingerprint density at radius 1 is 1.10 bits per heavy atom. The van der Waals surface area contributed by atoms with Crippen molar-refractivity contribution in [2.24, 2.45) is 11.3 Å². The molecule has 0 bridgehead atoms. The third-order valence-electron chi connectivity index (χ3n) is 3.34. The van der Waals surface area contributed by atoms with Gasteiger partial charge in [-0.05, 0) is 50.0 Å². The van der Waals surface area contributed by atoms with Gasteiger partial charge in [-0.3, -0.25) is 0 Å². The molecule has 2 unspecified atom stereocenters. The number of nitrogens with one attached hydrogen (secondary N) is 1. The van der Waals surface area contributed by atoms with E-state index in [0.29, 0.717) is 12.3 Å².